The molecule has 0 aromatic heterocycles. The molecular formula is C12H17NO5. The Morgan fingerprint density at radius 1 is 1.11 bits per heavy atom. The van der Waals surface area contributed by atoms with Crippen molar-refractivity contribution in [3.05, 3.63) is 24.5 Å². The van der Waals surface area contributed by atoms with Crippen LogP contribution in [0.15, 0.2) is 24.5 Å². The van der Waals surface area contributed by atoms with Gasteiger partial charge in [-0.3, -0.25) is 14.5 Å². The summed E-state index contributed by atoms with van der Waals surface area (Å²) in [6.45, 7) is 5.03. The summed E-state index contributed by atoms with van der Waals surface area (Å²) in [4.78, 5) is 23.4. The topological polar surface area (TPSA) is 76.1 Å². The van der Waals surface area contributed by atoms with Gasteiger partial charge in [0.2, 0.25) is 0 Å². The van der Waals surface area contributed by atoms with Gasteiger partial charge in [0.05, 0.1) is 38.7 Å². The lowest BCUT2D eigenvalue weighted by Gasteiger charge is -2.13. The summed E-state index contributed by atoms with van der Waals surface area (Å²) in [5.74, 6) is -0.517. The third-order valence-electron chi connectivity index (χ3n) is 2.27. The minimum absolute atomic E-state index is 0.0921. The maximum atomic E-state index is 11.2. The van der Waals surface area contributed by atoms with E-state index in [1.807, 2.05) is 0 Å². The molecule has 100 valence electrons. The van der Waals surface area contributed by atoms with E-state index in [0.29, 0.717) is 26.2 Å². The first-order valence-corrected chi connectivity index (χ1v) is 5.67. The minimum Gasteiger partial charge on any atom is -0.513 e. The van der Waals surface area contributed by atoms with Crippen LogP contribution in [0.3, 0.4) is 0 Å². The molecule has 18 heavy (non-hydrogen) atoms. The zero-order chi connectivity index (χ0) is 13.4. The highest BCUT2D eigenvalue weighted by Gasteiger charge is 2.22. The van der Waals surface area contributed by atoms with Crippen molar-refractivity contribution in [3.8, 4) is 0 Å². The molecule has 0 saturated heterocycles. The van der Waals surface area contributed by atoms with Crippen molar-refractivity contribution in [2.75, 3.05) is 33.0 Å². The van der Waals surface area contributed by atoms with Crippen LogP contribution in [0.2, 0.25) is 0 Å². The van der Waals surface area contributed by atoms with Crippen molar-refractivity contribution >= 4 is 11.8 Å². The first kappa shape index (κ1) is 14.4. The molecule has 1 rings (SSSR count). The summed E-state index contributed by atoms with van der Waals surface area (Å²) in [5.41, 5.74) is 0. The first-order valence-electron chi connectivity index (χ1n) is 5.67. The van der Waals surface area contributed by atoms with E-state index in [1.165, 1.54) is 12.2 Å². The molecule has 1 aliphatic rings. The Labute approximate surface area is 105 Å². The molecule has 0 fully saturated rings. The highest BCUT2D eigenvalue weighted by atomic mass is 16.5. The maximum absolute atomic E-state index is 11.2. The Bertz CT molecular complexity index is 332. The number of hydrogen-bond acceptors (Lipinski definition) is 5. The first-order chi connectivity index (χ1) is 8.61. The van der Waals surface area contributed by atoms with Crippen LogP contribution in [0.25, 0.3) is 0 Å². The number of carbonyl (C=O) groups is 2. The van der Waals surface area contributed by atoms with Gasteiger partial charge < -0.3 is 14.6 Å². The number of aliphatic hydroxyl groups excluding tert-OH is 1. The molecule has 1 N–H and O–H groups in total. The van der Waals surface area contributed by atoms with E-state index >= 15 is 0 Å². The predicted octanol–water partition coefficient (Wildman–Crippen LogP) is 0.406. The van der Waals surface area contributed by atoms with Crippen molar-refractivity contribution < 1.29 is 24.2 Å². The van der Waals surface area contributed by atoms with Crippen LogP contribution in [-0.2, 0) is 19.1 Å². The number of carbonyl (C=O) groups excluding carboxylic acids is 2. The molecule has 0 unspecified atom stereocenters. The Morgan fingerprint density at radius 2 is 1.67 bits per heavy atom. The number of aliphatic hydroxyl groups is 1. The zero-order valence-electron chi connectivity index (χ0n) is 10.1. The molecule has 1 heterocycles. The Kier molecular flexibility index (Phi) is 6.10. The van der Waals surface area contributed by atoms with Gasteiger partial charge in [-0.15, -0.1) is 0 Å². The highest BCUT2D eigenvalue weighted by molar-refractivity contribution is 6.12. The fraction of sp³-hybridized carbons (Fsp3) is 0.500. The molecule has 2 amide bonds. The Hall–Kier alpha value is -1.66. The van der Waals surface area contributed by atoms with E-state index in [2.05, 4.69) is 6.58 Å². The number of hydrogen-bond donors (Lipinski definition) is 1. The smallest absolute Gasteiger partial charge is 0.253 e. The van der Waals surface area contributed by atoms with Crippen molar-refractivity contribution in [3.63, 3.8) is 0 Å². The largest absolute Gasteiger partial charge is 0.513 e. The van der Waals surface area contributed by atoms with Gasteiger partial charge in [-0.25, -0.2) is 0 Å². The summed E-state index contributed by atoms with van der Waals surface area (Å²) in [7, 11) is 0. The molecule has 0 aromatic rings. The normalized spacial score (nSPS) is 14.6. The molecule has 0 aliphatic carbocycles. The average molecular weight is 255 g/mol. The average Bonchev–Trinajstić information content (AvgIpc) is 2.63. The molecular weight excluding hydrogens is 238 g/mol. The van der Waals surface area contributed by atoms with Gasteiger partial charge in [-0.05, 0) is 0 Å². The molecule has 0 spiro atoms. The molecule has 0 radical (unpaired) electrons. The molecule has 6 heteroatoms. The van der Waals surface area contributed by atoms with E-state index in [0.717, 1.165) is 4.90 Å². The lowest BCUT2D eigenvalue weighted by atomic mass is 10.4. The van der Waals surface area contributed by atoms with Crippen LogP contribution in [0.4, 0.5) is 0 Å². The van der Waals surface area contributed by atoms with Crippen LogP contribution in [0.1, 0.15) is 6.42 Å². The second-order valence-electron chi connectivity index (χ2n) is 3.70. The van der Waals surface area contributed by atoms with Crippen LogP contribution >= 0.6 is 0 Å². The molecule has 0 saturated carbocycles. The molecule has 0 atom stereocenters. The summed E-state index contributed by atoms with van der Waals surface area (Å²) in [6.07, 6.45) is 2.89. The monoisotopic (exact) mass is 255 g/mol. The Morgan fingerprint density at radius 3 is 2.22 bits per heavy atom. The summed E-state index contributed by atoms with van der Waals surface area (Å²) in [5, 5.41) is 8.78. The second-order valence-corrected chi connectivity index (χ2v) is 3.70. The van der Waals surface area contributed by atoms with Gasteiger partial charge >= 0.3 is 0 Å². The molecule has 1 aliphatic heterocycles. The van der Waals surface area contributed by atoms with Crippen LogP contribution in [-0.4, -0.2) is 54.8 Å². The molecule has 0 bridgehead atoms. The van der Waals surface area contributed by atoms with E-state index < -0.39 is 0 Å². The number of rotatable bonds is 9. The number of amides is 2. The van der Waals surface area contributed by atoms with Crippen LogP contribution in [0.5, 0.6) is 0 Å². The fourth-order valence-corrected chi connectivity index (χ4v) is 1.32. The van der Waals surface area contributed by atoms with Crippen LogP contribution < -0.4 is 0 Å². The molecule has 0 aromatic carbocycles. The summed E-state index contributed by atoms with van der Waals surface area (Å²) in [6, 6.07) is 0. The fourth-order valence-electron chi connectivity index (χ4n) is 1.32. The highest BCUT2D eigenvalue weighted by Crippen LogP contribution is 2.02. The standard InChI is InChI=1S/C12H17NO5/c1-10(14)4-6-17-8-9-18-7-5-13-11(15)2-3-12(13)16/h2-3,14H,1,4-9H2. The number of nitrogens with zero attached hydrogens (tertiary/aromatic N) is 1. The quantitative estimate of drug-likeness (QED) is 0.367. The van der Waals surface area contributed by atoms with Gasteiger partial charge in [0.1, 0.15) is 0 Å². The summed E-state index contributed by atoms with van der Waals surface area (Å²) >= 11 is 0. The minimum atomic E-state index is -0.304. The third kappa shape index (κ3) is 5.11. The van der Waals surface area contributed by atoms with Crippen molar-refractivity contribution in [1.29, 1.82) is 0 Å². The van der Waals surface area contributed by atoms with E-state index in [9.17, 15) is 9.59 Å². The lowest BCUT2D eigenvalue weighted by Crippen LogP contribution is -2.33. The Balaban J connectivity index is 1.94. The number of imide groups is 1. The van der Waals surface area contributed by atoms with Gasteiger partial charge in [0.25, 0.3) is 11.8 Å². The van der Waals surface area contributed by atoms with Gasteiger partial charge in [-0.2, -0.15) is 0 Å². The molecule has 6 nitrogen and oxygen atoms in total. The van der Waals surface area contributed by atoms with Crippen LogP contribution in [0, 0.1) is 0 Å². The zero-order valence-corrected chi connectivity index (χ0v) is 10.1. The van der Waals surface area contributed by atoms with E-state index in [4.69, 9.17) is 14.6 Å². The van der Waals surface area contributed by atoms with Gasteiger partial charge in [-0.1, -0.05) is 6.58 Å². The predicted molar refractivity (Wildman–Crippen MR) is 63.9 cm³/mol. The lowest BCUT2D eigenvalue weighted by molar-refractivity contribution is -0.137. The van der Waals surface area contributed by atoms with E-state index in [-0.39, 0.29) is 30.7 Å². The van der Waals surface area contributed by atoms with Gasteiger partial charge in [0.15, 0.2) is 0 Å². The maximum Gasteiger partial charge on any atom is 0.253 e. The van der Waals surface area contributed by atoms with Crippen molar-refractivity contribution in [2.24, 2.45) is 0 Å². The number of ether oxygens (including phenoxy) is 2. The van der Waals surface area contributed by atoms with Crippen molar-refractivity contribution in [2.45, 2.75) is 6.42 Å². The second kappa shape index (κ2) is 7.62. The van der Waals surface area contributed by atoms with E-state index in [1.54, 1.807) is 0 Å². The third-order valence-corrected chi connectivity index (χ3v) is 2.27. The van der Waals surface area contributed by atoms with Crippen molar-refractivity contribution in [1.82, 2.24) is 4.90 Å². The SMILES string of the molecule is C=C(O)CCOCCOCCN1C(=O)C=CC1=O. The summed E-state index contributed by atoms with van der Waals surface area (Å²) < 4.78 is 10.4. The van der Waals surface area contributed by atoms with Gasteiger partial charge in [0, 0.05) is 18.6 Å².